The van der Waals surface area contributed by atoms with Crippen molar-refractivity contribution in [3.05, 3.63) is 29.8 Å². The van der Waals surface area contributed by atoms with Crippen molar-refractivity contribution in [3.8, 4) is 5.75 Å². The van der Waals surface area contributed by atoms with Gasteiger partial charge in [0.2, 0.25) is 0 Å². The highest BCUT2D eigenvalue weighted by Gasteiger charge is 2.31. The molecule has 0 bridgehead atoms. The second-order valence-corrected chi connectivity index (χ2v) is 5.13. The molecule has 18 heavy (non-hydrogen) atoms. The van der Waals surface area contributed by atoms with Crippen molar-refractivity contribution in [1.82, 2.24) is 4.90 Å². The van der Waals surface area contributed by atoms with Crippen molar-refractivity contribution in [3.63, 3.8) is 0 Å². The summed E-state index contributed by atoms with van der Waals surface area (Å²) in [4.78, 5) is 2.40. The van der Waals surface area contributed by atoms with Crippen molar-refractivity contribution in [1.29, 1.82) is 0 Å². The SMILES string of the molecule is CCCOc1ccc(C2C(CN)CCN2C)cc1. The van der Waals surface area contributed by atoms with Gasteiger partial charge in [-0.2, -0.15) is 0 Å². The van der Waals surface area contributed by atoms with Gasteiger partial charge in [0.25, 0.3) is 0 Å². The number of rotatable bonds is 5. The van der Waals surface area contributed by atoms with E-state index < -0.39 is 0 Å². The van der Waals surface area contributed by atoms with Crippen molar-refractivity contribution in [2.24, 2.45) is 11.7 Å². The second-order valence-electron chi connectivity index (χ2n) is 5.13. The first-order valence-electron chi connectivity index (χ1n) is 6.89. The Morgan fingerprint density at radius 3 is 2.67 bits per heavy atom. The summed E-state index contributed by atoms with van der Waals surface area (Å²) in [5.74, 6) is 1.54. The van der Waals surface area contributed by atoms with Crippen molar-refractivity contribution >= 4 is 0 Å². The molecule has 3 nitrogen and oxygen atoms in total. The van der Waals surface area contributed by atoms with Crippen molar-refractivity contribution in [2.75, 3.05) is 26.7 Å². The average molecular weight is 248 g/mol. The smallest absolute Gasteiger partial charge is 0.119 e. The molecule has 0 radical (unpaired) electrons. The molecule has 100 valence electrons. The van der Waals surface area contributed by atoms with Crippen LogP contribution in [-0.2, 0) is 0 Å². The molecule has 1 aromatic rings. The molecule has 3 heteroatoms. The van der Waals surface area contributed by atoms with Crippen LogP contribution >= 0.6 is 0 Å². The van der Waals surface area contributed by atoms with Crippen LogP contribution < -0.4 is 10.5 Å². The summed E-state index contributed by atoms with van der Waals surface area (Å²) in [5.41, 5.74) is 7.22. The Morgan fingerprint density at radius 2 is 2.06 bits per heavy atom. The zero-order chi connectivity index (χ0) is 13.0. The summed E-state index contributed by atoms with van der Waals surface area (Å²) in [6, 6.07) is 8.98. The van der Waals surface area contributed by atoms with Crippen LogP contribution in [0.2, 0.25) is 0 Å². The predicted octanol–water partition coefficient (Wildman–Crippen LogP) is 2.43. The maximum Gasteiger partial charge on any atom is 0.119 e. The molecule has 0 saturated carbocycles. The highest BCUT2D eigenvalue weighted by atomic mass is 16.5. The zero-order valence-corrected chi connectivity index (χ0v) is 11.4. The Balaban J connectivity index is 2.08. The standard InChI is InChI=1S/C15H24N2O/c1-3-10-18-14-6-4-12(5-7-14)15-13(11-16)8-9-17(15)2/h4-7,13,15H,3,8-11,16H2,1-2H3. The van der Waals surface area contributed by atoms with Gasteiger partial charge in [0.05, 0.1) is 6.61 Å². The van der Waals surface area contributed by atoms with Gasteiger partial charge in [0, 0.05) is 6.04 Å². The first-order valence-corrected chi connectivity index (χ1v) is 6.89. The Bertz CT molecular complexity index is 363. The molecular formula is C15H24N2O. The maximum absolute atomic E-state index is 5.87. The van der Waals surface area contributed by atoms with Gasteiger partial charge in [0.1, 0.15) is 5.75 Å². The third-order valence-corrected chi connectivity index (χ3v) is 3.77. The van der Waals surface area contributed by atoms with E-state index in [9.17, 15) is 0 Å². The highest BCUT2D eigenvalue weighted by Crippen LogP contribution is 2.35. The van der Waals surface area contributed by atoms with E-state index in [1.165, 1.54) is 12.0 Å². The quantitative estimate of drug-likeness (QED) is 0.869. The lowest BCUT2D eigenvalue weighted by Crippen LogP contribution is -2.25. The van der Waals surface area contributed by atoms with Gasteiger partial charge in [-0.25, -0.2) is 0 Å². The molecule has 1 aliphatic rings. The van der Waals surface area contributed by atoms with E-state index >= 15 is 0 Å². The van der Waals surface area contributed by atoms with E-state index in [2.05, 4.69) is 43.1 Å². The van der Waals surface area contributed by atoms with E-state index in [1.54, 1.807) is 0 Å². The fourth-order valence-corrected chi connectivity index (χ4v) is 2.78. The van der Waals surface area contributed by atoms with E-state index in [0.29, 0.717) is 12.0 Å². The van der Waals surface area contributed by atoms with Gasteiger partial charge < -0.3 is 10.5 Å². The predicted molar refractivity (Wildman–Crippen MR) is 74.8 cm³/mol. The van der Waals surface area contributed by atoms with Gasteiger partial charge in [-0.1, -0.05) is 19.1 Å². The first-order chi connectivity index (χ1) is 8.76. The molecule has 1 saturated heterocycles. The summed E-state index contributed by atoms with van der Waals surface area (Å²) in [5, 5.41) is 0. The van der Waals surface area contributed by atoms with E-state index in [0.717, 1.165) is 31.9 Å². The lowest BCUT2D eigenvalue weighted by molar-refractivity contribution is 0.279. The van der Waals surface area contributed by atoms with Crippen molar-refractivity contribution < 1.29 is 4.74 Å². The summed E-state index contributed by atoms with van der Waals surface area (Å²) < 4.78 is 5.61. The average Bonchev–Trinajstić information content (AvgIpc) is 2.78. The monoisotopic (exact) mass is 248 g/mol. The molecule has 0 amide bonds. The van der Waals surface area contributed by atoms with E-state index in [4.69, 9.17) is 10.5 Å². The van der Waals surface area contributed by atoms with Gasteiger partial charge in [-0.05, 0) is 56.6 Å². The van der Waals surface area contributed by atoms with Gasteiger partial charge in [0.15, 0.2) is 0 Å². The molecule has 0 aromatic heterocycles. The first kappa shape index (κ1) is 13.4. The molecule has 0 spiro atoms. The van der Waals surface area contributed by atoms with Crippen LogP contribution in [0.3, 0.4) is 0 Å². The molecule has 2 unspecified atom stereocenters. The number of likely N-dealkylation sites (tertiary alicyclic amines) is 1. The minimum absolute atomic E-state index is 0.468. The van der Waals surface area contributed by atoms with Crippen LogP contribution in [0.5, 0.6) is 5.75 Å². The molecule has 1 aromatic carbocycles. The molecule has 1 aliphatic heterocycles. The highest BCUT2D eigenvalue weighted by molar-refractivity contribution is 5.30. The summed E-state index contributed by atoms with van der Waals surface area (Å²) in [7, 11) is 2.18. The normalized spacial score (nSPS) is 24.4. The lowest BCUT2D eigenvalue weighted by atomic mass is 9.94. The topological polar surface area (TPSA) is 38.5 Å². The Labute approximate surface area is 110 Å². The van der Waals surface area contributed by atoms with E-state index in [-0.39, 0.29) is 0 Å². The largest absolute Gasteiger partial charge is 0.494 e. The zero-order valence-electron chi connectivity index (χ0n) is 11.4. The number of hydrogen-bond acceptors (Lipinski definition) is 3. The van der Waals surface area contributed by atoms with Gasteiger partial charge in [-0.15, -0.1) is 0 Å². The number of nitrogens with zero attached hydrogens (tertiary/aromatic N) is 1. The Morgan fingerprint density at radius 1 is 1.33 bits per heavy atom. The number of nitrogens with two attached hydrogens (primary N) is 1. The van der Waals surface area contributed by atoms with Crippen molar-refractivity contribution in [2.45, 2.75) is 25.8 Å². The molecule has 2 atom stereocenters. The van der Waals surface area contributed by atoms with Crippen LogP contribution in [0.15, 0.2) is 24.3 Å². The minimum Gasteiger partial charge on any atom is -0.494 e. The number of benzene rings is 1. The molecule has 2 rings (SSSR count). The van der Waals surface area contributed by atoms with Crippen LogP contribution in [0.25, 0.3) is 0 Å². The third-order valence-electron chi connectivity index (χ3n) is 3.77. The molecule has 0 aliphatic carbocycles. The maximum atomic E-state index is 5.87. The third kappa shape index (κ3) is 2.85. The lowest BCUT2D eigenvalue weighted by Gasteiger charge is -2.24. The van der Waals surface area contributed by atoms with Crippen LogP contribution in [0.1, 0.15) is 31.4 Å². The molecular weight excluding hydrogens is 224 g/mol. The van der Waals surface area contributed by atoms with Crippen LogP contribution in [0, 0.1) is 5.92 Å². The number of ether oxygens (including phenoxy) is 1. The number of hydrogen-bond donors (Lipinski definition) is 1. The minimum atomic E-state index is 0.468. The Hall–Kier alpha value is -1.06. The van der Waals surface area contributed by atoms with Crippen LogP contribution in [-0.4, -0.2) is 31.6 Å². The molecule has 1 heterocycles. The Kier molecular flexibility index (Phi) is 4.61. The molecule has 1 fully saturated rings. The van der Waals surface area contributed by atoms with Gasteiger partial charge in [-0.3, -0.25) is 4.90 Å². The fraction of sp³-hybridized carbons (Fsp3) is 0.600. The summed E-state index contributed by atoms with van der Waals surface area (Å²) >= 11 is 0. The molecule has 2 N–H and O–H groups in total. The second kappa shape index (κ2) is 6.21. The summed E-state index contributed by atoms with van der Waals surface area (Å²) in [6.45, 7) is 4.81. The van der Waals surface area contributed by atoms with Crippen LogP contribution in [0.4, 0.5) is 0 Å². The van der Waals surface area contributed by atoms with Gasteiger partial charge >= 0.3 is 0 Å². The van der Waals surface area contributed by atoms with E-state index in [1.807, 2.05) is 0 Å². The summed E-state index contributed by atoms with van der Waals surface area (Å²) in [6.07, 6.45) is 2.24. The fourth-order valence-electron chi connectivity index (χ4n) is 2.78.